The summed E-state index contributed by atoms with van der Waals surface area (Å²) in [5.74, 6) is 0.581. The zero-order valence-corrected chi connectivity index (χ0v) is 17.2. The lowest BCUT2D eigenvalue weighted by atomic mass is 9.98. The average Bonchev–Trinajstić information content (AvgIpc) is 3.30. The second-order valence-electron chi connectivity index (χ2n) is 7.63. The number of halogens is 1. The molecule has 0 radical (unpaired) electrons. The van der Waals surface area contributed by atoms with Crippen LogP contribution in [0.3, 0.4) is 0 Å². The van der Waals surface area contributed by atoms with E-state index in [0.29, 0.717) is 34.3 Å². The van der Waals surface area contributed by atoms with Crippen LogP contribution in [0.5, 0.6) is 0 Å². The molecule has 0 bridgehead atoms. The second-order valence-corrected chi connectivity index (χ2v) is 7.63. The number of nitrogens with one attached hydrogen (secondary N) is 3. The van der Waals surface area contributed by atoms with Crippen molar-refractivity contribution in [2.45, 2.75) is 45.1 Å². The predicted molar refractivity (Wildman–Crippen MR) is 114 cm³/mol. The van der Waals surface area contributed by atoms with Crippen molar-refractivity contribution in [2.75, 3.05) is 17.2 Å². The Morgan fingerprint density at radius 3 is 2.58 bits per heavy atom. The van der Waals surface area contributed by atoms with Gasteiger partial charge in [0.2, 0.25) is 5.91 Å². The average molecular weight is 425 g/mol. The topological polar surface area (TPSA) is 129 Å². The van der Waals surface area contributed by atoms with Gasteiger partial charge < -0.3 is 15.7 Å². The number of aromatic nitrogens is 5. The molecule has 10 heteroatoms. The maximum absolute atomic E-state index is 14.5. The molecule has 1 amide bonds. The van der Waals surface area contributed by atoms with Gasteiger partial charge in [-0.3, -0.25) is 9.89 Å². The molecule has 2 aromatic heterocycles. The third-order valence-corrected chi connectivity index (χ3v) is 5.28. The molecule has 0 saturated heterocycles. The minimum Gasteiger partial charge on any atom is -0.393 e. The summed E-state index contributed by atoms with van der Waals surface area (Å²) in [5.41, 5.74) is 2.28. The molecule has 0 spiro atoms. The van der Waals surface area contributed by atoms with Crippen LogP contribution >= 0.6 is 0 Å². The molecular formula is C21H24FN7O2. The number of rotatable bonds is 2. The molecule has 5 rings (SSSR count). The molecule has 1 aliphatic carbocycles. The minimum absolute atomic E-state index is 0.0359. The highest BCUT2D eigenvalue weighted by Crippen LogP contribution is 2.30. The number of H-pyrrole nitrogens is 1. The summed E-state index contributed by atoms with van der Waals surface area (Å²) in [6, 6.07) is 3.08. The van der Waals surface area contributed by atoms with Crippen LogP contribution in [0.15, 0.2) is 24.7 Å². The molecule has 2 aliphatic rings. The summed E-state index contributed by atoms with van der Waals surface area (Å²) >= 11 is 0. The number of amides is 1. The summed E-state index contributed by atoms with van der Waals surface area (Å²) < 4.78 is 14.5. The van der Waals surface area contributed by atoms with E-state index in [1.54, 1.807) is 6.07 Å². The van der Waals surface area contributed by atoms with E-state index in [1.807, 2.05) is 6.92 Å². The maximum atomic E-state index is 14.5. The summed E-state index contributed by atoms with van der Waals surface area (Å²) in [5, 5.41) is 20.8. The summed E-state index contributed by atoms with van der Waals surface area (Å²) in [6.07, 6.45) is 8.75. The number of aliphatic hydroxyl groups excluding tert-OH is 1. The summed E-state index contributed by atoms with van der Waals surface area (Å²) in [6.45, 7) is 1.98. The summed E-state index contributed by atoms with van der Waals surface area (Å²) in [7, 11) is 0. The number of hydrogen-bond acceptors (Lipinski definition) is 7. The SMILES string of the molecule is Cc1cc(-c2ncn[nH]2)c(F)cc1-c1cnc2c(n1)NCC(=O)N2.OC1CCCCC1. The number of benzene rings is 1. The Morgan fingerprint density at radius 1 is 1.10 bits per heavy atom. The van der Waals surface area contributed by atoms with Crippen LogP contribution in [-0.4, -0.2) is 48.8 Å². The molecule has 1 aromatic carbocycles. The number of aliphatic hydroxyl groups is 1. The van der Waals surface area contributed by atoms with Crippen molar-refractivity contribution in [3.05, 3.63) is 36.0 Å². The lowest BCUT2D eigenvalue weighted by molar-refractivity contribution is -0.114. The number of fused-ring (bicyclic) bond motifs is 1. The Kier molecular flexibility index (Phi) is 6.17. The Balaban J connectivity index is 0.000000282. The number of aryl methyl sites for hydroxylation is 1. The van der Waals surface area contributed by atoms with Crippen molar-refractivity contribution in [3.63, 3.8) is 0 Å². The number of carbonyl (C=O) groups excluding carboxylic acids is 1. The van der Waals surface area contributed by atoms with Gasteiger partial charge in [0.1, 0.15) is 12.1 Å². The third kappa shape index (κ3) is 4.85. The molecule has 162 valence electrons. The fraction of sp³-hybridized carbons (Fsp3) is 0.381. The lowest BCUT2D eigenvalue weighted by Crippen LogP contribution is -2.28. The van der Waals surface area contributed by atoms with Crippen molar-refractivity contribution >= 4 is 17.5 Å². The van der Waals surface area contributed by atoms with E-state index in [2.05, 4.69) is 35.8 Å². The van der Waals surface area contributed by atoms with Gasteiger partial charge in [-0.2, -0.15) is 5.10 Å². The number of nitrogens with zero attached hydrogens (tertiary/aromatic N) is 4. The largest absolute Gasteiger partial charge is 0.393 e. The van der Waals surface area contributed by atoms with Gasteiger partial charge in [-0.25, -0.2) is 19.3 Å². The molecule has 1 fully saturated rings. The number of hydrogen-bond donors (Lipinski definition) is 4. The molecule has 0 atom stereocenters. The fourth-order valence-corrected chi connectivity index (χ4v) is 3.63. The Labute approximate surface area is 178 Å². The molecule has 3 heterocycles. The Hall–Kier alpha value is -3.40. The summed E-state index contributed by atoms with van der Waals surface area (Å²) in [4.78, 5) is 23.9. The smallest absolute Gasteiger partial charge is 0.244 e. The van der Waals surface area contributed by atoms with Gasteiger partial charge in [-0.15, -0.1) is 0 Å². The van der Waals surface area contributed by atoms with Gasteiger partial charge in [0, 0.05) is 5.56 Å². The fourth-order valence-electron chi connectivity index (χ4n) is 3.63. The molecular weight excluding hydrogens is 401 g/mol. The van der Waals surface area contributed by atoms with Gasteiger partial charge in [0.25, 0.3) is 0 Å². The lowest BCUT2D eigenvalue weighted by Gasteiger charge is -2.17. The first kappa shape index (κ1) is 20.9. The van der Waals surface area contributed by atoms with Crippen molar-refractivity contribution in [2.24, 2.45) is 0 Å². The van der Waals surface area contributed by atoms with E-state index in [4.69, 9.17) is 5.11 Å². The monoisotopic (exact) mass is 425 g/mol. The van der Waals surface area contributed by atoms with Crippen LogP contribution < -0.4 is 10.6 Å². The van der Waals surface area contributed by atoms with Gasteiger partial charge >= 0.3 is 0 Å². The molecule has 1 saturated carbocycles. The van der Waals surface area contributed by atoms with Gasteiger partial charge in [0.15, 0.2) is 17.5 Å². The third-order valence-electron chi connectivity index (χ3n) is 5.28. The van der Waals surface area contributed by atoms with Crippen LogP contribution in [0.2, 0.25) is 0 Å². The zero-order valence-electron chi connectivity index (χ0n) is 17.2. The molecule has 4 N–H and O–H groups in total. The van der Waals surface area contributed by atoms with Crippen molar-refractivity contribution in [1.82, 2.24) is 25.1 Å². The highest BCUT2D eigenvalue weighted by Gasteiger charge is 2.19. The highest BCUT2D eigenvalue weighted by atomic mass is 19.1. The minimum atomic E-state index is -0.437. The molecule has 31 heavy (non-hydrogen) atoms. The molecule has 0 unspecified atom stereocenters. The number of anilines is 2. The predicted octanol–water partition coefficient (Wildman–Crippen LogP) is 3.05. The second kappa shape index (κ2) is 9.17. The van der Waals surface area contributed by atoms with E-state index in [9.17, 15) is 9.18 Å². The van der Waals surface area contributed by atoms with Crippen molar-refractivity contribution in [3.8, 4) is 22.6 Å². The molecule has 3 aromatic rings. The van der Waals surface area contributed by atoms with Crippen LogP contribution in [-0.2, 0) is 4.79 Å². The van der Waals surface area contributed by atoms with Crippen LogP contribution in [0.4, 0.5) is 16.0 Å². The highest BCUT2D eigenvalue weighted by molar-refractivity contribution is 5.98. The van der Waals surface area contributed by atoms with Crippen LogP contribution in [0.25, 0.3) is 22.6 Å². The first-order chi connectivity index (χ1) is 15.0. The Bertz CT molecular complexity index is 1070. The van der Waals surface area contributed by atoms with Gasteiger partial charge in [0.05, 0.1) is 30.1 Å². The van der Waals surface area contributed by atoms with Crippen LogP contribution in [0.1, 0.15) is 37.7 Å². The molecule has 1 aliphatic heterocycles. The van der Waals surface area contributed by atoms with E-state index in [1.165, 1.54) is 37.9 Å². The van der Waals surface area contributed by atoms with Crippen molar-refractivity contribution in [1.29, 1.82) is 0 Å². The van der Waals surface area contributed by atoms with Gasteiger partial charge in [-0.05, 0) is 37.5 Å². The maximum Gasteiger partial charge on any atom is 0.244 e. The number of aromatic amines is 1. The first-order valence-electron chi connectivity index (χ1n) is 10.3. The quantitative estimate of drug-likeness (QED) is 0.497. The van der Waals surface area contributed by atoms with E-state index >= 15 is 0 Å². The van der Waals surface area contributed by atoms with E-state index in [0.717, 1.165) is 18.4 Å². The van der Waals surface area contributed by atoms with Crippen molar-refractivity contribution < 1.29 is 14.3 Å². The number of carbonyl (C=O) groups is 1. The van der Waals surface area contributed by atoms with E-state index < -0.39 is 5.82 Å². The molecule has 9 nitrogen and oxygen atoms in total. The Morgan fingerprint density at radius 2 is 1.90 bits per heavy atom. The zero-order chi connectivity index (χ0) is 21.8. The van der Waals surface area contributed by atoms with E-state index in [-0.39, 0.29) is 18.6 Å². The van der Waals surface area contributed by atoms with Gasteiger partial charge in [-0.1, -0.05) is 19.3 Å². The standard InChI is InChI=1S/C15H12FN7O.C6H12O/c1-7-2-9(13-19-6-20-23-13)10(16)3-8(7)11-4-17-15-14(21-11)18-5-12(24)22-15;7-6-4-2-1-3-5-6/h2-4,6H,5H2,1H3,(H,18,21)(H,17,22,24)(H,19,20,23);6-7H,1-5H2. The van der Waals surface area contributed by atoms with Crippen LogP contribution in [0, 0.1) is 12.7 Å². The first-order valence-corrected chi connectivity index (χ1v) is 10.3. The normalized spacial score (nSPS) is 15.9.